The Morgan fingerprint density at radius 2 is 1.94 bits per heavy atom. The van der Waals surface area contributed by atoms with E-state index in [0.717, 1.165) is 30.6 Å². The molecule has 1 aromatic carbocycles. The van der Waals surface area contributed by atoms with Crippen molar-refractivity contribution < 1.29 is 28.7 Å². The van der Waals surface area contributed by atoms with Gasteiger partial charge in [-0.1, -0.05) is 23.8 Å². The van der Waals surface area contributed by atoms with Crippen molar-refractivity contribution in [1.82, 2.24) is 10.2 Å². The van der Waals surface area contributed by atoms with E-state index in [9.17, 15) is 19.2 Å². The standard InChI is InChI=1S/C23H26N2O6/c1-30-18-11-9-16(14-19(18)31-2)8-10-17(26)20-21(27)24-23(29)25(22(20)28)13-12-15-6-4-3-5-7-15/h6,8-11,14,20H,3-5,7,12-13H2,1-2H3,(H,24,27,29)/b10-8+. The number of urea groups is 1. The summed E-state index contributed by atoms with van der Waals surface area (Å²) in [4.78, 5) is 50.8. The molecule has 0 bridgehead atoms. The summed E-state index contributed by atoms with van der Waals surface area (Å²) in [6.07, 6.45) is 9.51. The lowest BCUT2D eigenvalue weighted by atomic mass is 9.95. The van der Waals surface area contributed by atoms with Crippen molar-refractivity contribution in [3.05, 3.63) is 41.5 Å². The van der Waals surface area contributed by atoms with E-state index in [1.807, 2.05) is 0 Å². The number of carbonyl (C=O) groups excluding carboxylic acids is 4. The number of benzene rings is 1. The molecule has 3 rings (SSSR count). The lowest BCUT2D eigenvalue weighted by Gasteiger charge is -2.29. The highest BCUT2D eigenvalue weighted by molar-refractivity contribution is 6.28. The van der Waals surface area contributed by atoms with Crippen molar-refractivity contribution in [3.8, 4) is 11.5 Å². The number of barbiturate groups is 1. The highest BCUT2D eigenvalue weighted by Gasteiger charge is 2.43. The lowest BCUT2D eigenvalue weighted by Crippen LogP contribution is -2.59. The van der Waals surface area contributed by atoms with E-state index < -0.39 is 29.5 Å². The summed E-state index contributed by atoms with van der Waals surface area (Å²) in [5.74, 6) is -2.93. The third-order valence-electron chi connectivity index (χ3n) is 5.42. The minimum atomic E-state index is -1.57. The summed E-state index contributed by atoms with van der Waals surface area (Å²) < 4.78 is 10.4. The van der Waals surface area contributed by atoms with Crippen LogP contribution in [0.4, 0.5) is 4.79 Å². The van der Waals surface area contributed by atoms with Gasteiger partial charge >= 0.3 is 6.03 Å². The Kier molecular flexibility index (Phi) is 7.23. The molecule has 1 saturated heterocycles. The van der Waals surface area contributed by atoms with Gasteiger partial charge in [-0.25, -0.2) is 4.79 Å². The van der Waals surface area contributed by atoms with Gasteiger partial charge in [0.15, 0.2) is 23.2 Å². The molecule has 1 unspecified atom stereocenters. The molecule has 1 aromatic rings. The summed E-state index contributed by atoms with van der Waals surface area (Å²) in [7, 11) is 3.01. The van der Waals surface area contributed by atoms with E-state index in [2.05, 4.69) is 11.4 Å². The van der Waals surface area contributed by atoms with Crippen LogP contribution in [0.25, 0.3) is 6.08 Å². The smallest absolute Gasteiger partial charge is 0.330 e. The van der Waals surface area contributed by atoms with Gasteiger partial charge in [0.1, 0.15) is 0 Å². The van der Waals surface area contributed by atoms with Crippen molar-refractivity contribution in [2.45, 2.75) is 32.1 Å². The zero-order valence-corrected chi connectivity index (χ0v) is 17.7. The van der Waals surface area contributed by atoms with E-state index >= 15 is 0 Å². The van der Waals surface area contributed by atoms with E-state index in [1.165, 1.54) is 31.9 Å². The Hall–Kier alpha value is -3.42. The zero-order chi connectivity index (χ0) is 22.4. The number of allylic oxidation sites excluding steroid dienone is 2. The van der Waals surface area contributed by atoms with Crippen LogP contribution in [-0.4, -0.2) is 49.3 Å². The van der Waals surface area contributed by atoms with Crippen molar-refractivity contribution in [1.29, 1.82) is 0 Å². The molecule has 1 atom stereocenters. The number of ether oxygens (including phenoxy) is 2. The SMILES string of the molecule is COc1ccc(/C=C/C(=O)C2C(=O)NC(=O)N(CCC3=CCCCC3)C2=O)cc1OC. The van der Waals surface area contributed by atoms with Gasteiger partial charge in [0.25, 0.3) is 5.91 Å². The maximum Gasteiger partial charge on any atom is 0.330 e. The van der Waals surface area contributed by atoms with Crippen LogP contribution in [0.15, 0.2) is 35.9 Å². The zero-order valence-electron chi connectivity index (χ0n) is 17.7. The van der Waals surface area contributed by atoms with Crippen LogP contribution < -0.4 is 14.8 Å². The largest absolute Gasteiger partial charge is 0.493 e. The molecular weight excluding hydrogens is 400 g/mol. The minimum absolute atomic E-state index is 0.146. The number of hydrogen-bond donors (Lipinski definition) is 1. The average Bonchev–Trinajstić information content (AvgIpc) is 2.77. The van der Waals surface area contributed by atoms with Crippen LogP contribution in [0.5, 0.6) is 11.5 Å². The highest BCUT2D eigenvalue weighted by atomic mass is 16.5. The first-order valence-electron chi connectivity index (χ1n) is 10.2. The molecule has 1 aliphatic carbocycles. The van der Waals surface area contributed by atoms with Crippen molar-refractivity contribution >= 4 is 29.7 Å². The normalized spacial score (nSPS) is 19.3. The molecular formula is C23H26N2O6. The number of nitrogens with zero attached hydrogens (tertiary/aromatic N) is 1. The van der Waals surface area contributed by atoms with Crippen molar-refractivity contribution in [3.63, 3.8) is 0 Å². The van der Waals surface area contributed by atoms with Gasteiger partial charge in [-0.3, -0.25) is 24.6 Å². The van der Waals surface area contributed by atoms with E-state index in [4.69, 9.17) is 9.47 Å². The maximum atomic E-state index is 12.8. The molecule has 8 heteroatoms. The number of imide groups is 2. The maximum absolute atomic E-state index is 12.8. The van der Waals surface area contributed by atoms with Crippen LogP contribution in [0.1, 0.15) is 37.7 Å². The quantitative estimate of drug-likeness (QED) is 0.390. The van der Waals surface area contributed by atoms with Crippen LogP contribution in [0.3, 0.4) is 0 Å². The van der Waals surface area contributed by atoms with Crippen LogP contribution in [-0.2, 0) is 14.4 Å². The second kappa shape index (κ2) is 10.1. The number of rotatable bonds is 8. The number of carbonyl (C=O) groups is 4. The number of amides is 4. The number of hydrogen-bond acceptors (Lipinski definition) is 6. The first-order chi connectivity index (χ1) is 14.9. The fourth-order valence-corrected chi connectivity index (χ4v) is 3.69. The molecule has 0 spiro atoms. The van der Waals surface area contributed by atoms with Crippen LogP contribution in [0, 0.1) is 5.92 Å². The monoisotopic (exact) mass is 426 g/mol. The van der Waals surface area contributed by atoms with Gasteiger partial charge in [-0.2, -0.15) is 0 Å². The predicted octanol–water partition coefficient (Wildman–Crippen LogP) is 2.87. The third-order valence-corrected chi connectivity index (χ3v) is 5.42. The molecule has 1 heterocycles. The van der Waals surface area contributed by atoms with Crippen molar-refractivity contribution in [2.24, 2.45) is 5.92 Å². The molecule has 2 aliphatic rings. The second-order valence-corrected chi connectivity index (χ2v) is 7.43. The average molecular weight is 426 g/mol. The minimum Gasteiger partial charge on any atom is -0.493 e. The molecule has 0 aromatic heterocycles. The Bertz CT molecular complexity index is 949. The van der Waals surface area contributed by atoms with Gasteiger partial charge in [0.2, 0.25) is 5.91 Å². The summed E-state index contributed by atoms with van der Waals surface area (Å²) in [5.41, 5.74) is 1.83. The molecule has 4 amide bonds. The third kappa shape index (κ3) is 5.20. The van der Waals surface area contributed by atoms with Gasteiger partial charge in [-0.15, -0.1) is 0 Å². The molecule has 1 aliphatic heterocycles. The summed E-state index contributed by atoms with van der Waals surface area (Å²) in [5, 5.41) is 2.13. The first kappa shape index (κ1) is 22.3. The van der Waals surface area contributed by atoms with Gasteiger partial charge < -0.3 is 9.47 Å². The summed E-state index contributed by atoms with van der Waals surface area (Å²) in [6, 6.07) is 4.28. The Labute approximate surface area is 180 Å². The van der Waals surface area contributed by atoms with Crippen LogP contribution in [0.2, 0.25) is 0 Å². The fraction of sp³-hybridized carbons (Fsp3) is 0.391. The number of methoxy groups -OCH3 is 2. The molecule has 31 heavy (non-hydrogen) atoms. The second-order valence-electron chi connectivity index (χ2n) is 7.43. The molecule has 0 radical (unpaired) electrons. The van der Waals surface area contributed by atoms with E-state index in [1.54, 1.807) is 18.2 Å². The fourth-order valence-electron chi connectivity index (χ4n) is 3.69. The molecule has 1 N–H and O–H groups in total. The van der Waals surface area contributed by atoms with Gasteiger partial charge in [0, 0.05) is 6.54 Å². The lowest BCUT2D eigenvalue weighted by molar-refractivity contribution is -0.146. The molecule has 164 valence electrons. The van der Waals surface area contributed by atoms with Crippen molar-refractivity contribution in [2.75, 3.05) is 20.8 Å². The Morgan fingerprint density at radius 3 is 2.61 bits per heavy atom. The summed E-state index contributed by atoms with van der Waals surface area (Å²) >= 11 is 0. The number of ketones is 1. The van der Waals surface area contributed by atoms with E-state index in [-0.39, 0.29) is 6.54 Å². The summed E-state index contributed by atoms with van der Waals surface area (Å²) in [6.45, 7) is 0.146. The molecule has 1 fully saturated rings. The van der Waals surface area contributed by atoms with Gasteiger partial charge in [-0.05, 0) is 55.9 Å². The highest BCUT2D eigenvalue weighted by Crippen LogP contribution is 2.28. The molecule has 8 nitrogen and oxygen atoms in total. The topological polar surface area (TPSA) is 102 Å². The predicted molar refractivity (Wildman–Crippen MR) is 113 cm³/mol. The van der Waals surface area contributed by atoms with Gasteiger partial charge in [0.05, 0.1) is 14.2 Å². The van der Waals surface area contributed by atoms with Crippen LogP contribution >= 0.6 is 0 Å². The Morgan fingerprint density at radius 1 is 1.16 bits per heavy atom. The first-order valence-corrected chi connectivity index (χ1v) is 10.2. The van der Waals surface area contributed by atoms with E-state index in [0.29, 0.717) is 23.5 Å². The molecule has 0 saturated carbocycles. The Balaban J connectivity index is 1.71. The number of nitrogens with one attached hydrogen (secondary N) is 1.